The van der Waals surface area contributed by atoms with Crippen molar-refractivity contribution in [3.8, 4) is 5.75 Å². The quantitative estimate of drug-likeness (QED) is 0.884. The van der Waals surface area contributed by atoms with E-state index in [2.05, 4.69) is 15.9 Å². The molecule has 1 unspecified atom stereocenters. The lowest BCUT2D eigenvalue weighted by molar-refractivity contribution is 0.169. The summed E-state index contributed by atoms with van der Waals surface area (Å²) in [5.41, 5.74) is 7.31. The number of aliphatic hydroxyl groups is 1. The monoisotopic (exact) mass is 273 g/mol. The number of rotatable bonds is 4. The fraction of sp³-hybridized carbons (Fsp3) is 0.455. The molecule has 0 heterocycles. The van der Waals surface area contributed by atoms with E-state index in [9.17, 15) is 5.11 Å². The summed E-state index contributed by atoms with van der Waals surface area (Å²) in [5, 5.41) is 9.88. The number of hydrogen-bond donors (Lipinski definition) is 2. The summed E-state index contributed by atoms with van der Waals surface area (Å²) in [6.07, 6.45) is 0.00348. The standard InChI is InChI=1S/C11H16BrNO2/c1-7-5-8(9(14)3-4-13)11(12)10(6-7)15-2/h5-6,9,14H,3-4,13H2,1-2H3. The number of halogens is 1. The molecule has 0 aromatic heterocycles. The first-order valence-electron chi connectivity index (χ1n) is 4.82. The number of benzene rings is 1. The van der Waals surface area contributed by atoms with Crippen molar-refractivity contribution in [3.63, 3.8) is 0 Å². The van der Waals surface area contributed by atoms with Crippen LogP contribution in [0.1, 0.15) is 23.7 Å². The van der Waals surface area contributed by atoms with Gasteiger partial charge >= 0.3 is 0 Å². The zero-order valence-corrected chi connectivity index (χ0v) is 10.5. The van der Waals surface area contributed by atoms with E-state index in [0.29, 0.717) is 13.0 Å². The molecule has 1 atom stereocenters. The van der Waals surface area contributed by atoms with Gasteiger partial charge in [0, 0.05) is 0 Å². The molecule has 0 bridgehead atoms. The molecular formula is C11H16BrNO2. The first kappa shape index (κ1) is 12.5. The van der Waals surface area contributed by atoms with Crippen molar-refractivity contribution in [2.24, 2.45) is 5.73 Å². The van der Waals surface area contributed by atoms with E-state index in [4.69, 9.17) is 10.5 Å². The van der Waals surface area contributed by atoms with Crippen molar-refractivity contribution in [1.29, 1.82) is 0 Å². The van der Waals surface area contributed by atoms with Crippen LogP contribution in [0.15, 0.2) is 16.6 Å². The zero-order valence-electron chi connectivity index (χ0n) is 8.96. The Morgan fingerprint density at radius 1 is 1.53 bits per heavy atom. The predicted molar refractivity (Wildman–Crippen MR) is 64.1 cm³/mol. The summed E-state index contributed by atoms with van der Waals surface area (Å²) in [6, 6.07) is 3.86. The molecule has 0 amide bonds. The third-order valence-electron chi connectivity index (χ3n) is 2.23. The molecule has 1 rings (SSSR count). The minimum absolute atomic E-state index is 0.462. The van der Waals surface area contributed by atoms with Crippen molar-refractivity contribution < 1.29 is 9.84 Å². The zero-order chi connectivity index (χ0) is 11.4. The summed E-state index contributed by atoms with van der Waals surface area (Å²) in [5.74, 6) is 0.737. The summed E-state index contributed by atoms with van der Waals surface area (Å²) in [7, 11) is 1.61. The Hall–Kier alpha value is -0.580. The van der Waals surface area contributed by atoms with Gasteiger partial charge in [0.15, 0.2) is 0 Å². The van der Waals surface area contributed by atoms with E-state index in [-0.39, 0.29) is 0 Å². The fourth-order valence-electron chi connectivity index (χ4n) is 1.47. The van der Waals surface area contributed by atoms with Crippen LogP contribution in [0, 0.1) is 6.92 Å². The summed E-state index contributed by atoms with van der Waals surface area (Å²) in [4.78, 5) is 0. The normalized spacial score (nSPS) is 12.6. The predicted octanol–water partition coefficient (Wildman–Crippen LogP) is 2.15. The van der Waals surface area contributed by atoms with Crippen molar-refractivity contribution in [3.05, 3.63) is 27.7 Å². The maximum atomic E-state index is 9.88. The molecule has 0 fully saturated rings. The Kier molecular flexibility index (Phi) is 4.57. The average molecular weight is 274 g/mol. The minimum Gasteiger partial charge on any atom is -0.496 e. The van der Waals surface area contributed by atoms with Crippen LogP contribution in [0.3, 0.4) is 0 Å². The van der Waals surface area contributed by atoms with Gasteiger partial charge in [-0.3, -0.25) is 0 Å². The first-order valence-corrected chi connectivity index (χ1v) is 5.61. The molecule has 0 radical (unpaired) electrons. The van der Waals surface area contributed by atoms with Gasteiger partial charge in [0.2, 0.25) is 0 Å². The fourth-order valence-corrected chi connectivity index (χ4v) is 2.12. The minimum atomic E-state index is -0.543. The molecular weight excluding hydrogens is 258 g/mol. The maximum absolute atomic E-state index is 9.88. The van der Waals surface area contributed by atoms with Crippen LogP contribution in [0.25, 0.3) is 0 Å². The lowest BCUT2D eigenvalue weighted by atomic mass is 10.0. The second-order valence-corrected chi connectivity index (χ2v) is 4.26. The van der Waals surface area contributed by atoms with Gasteiger partial charge in [-0.05, 0) is 53.0 Å². The SMILES string of the molecule is COc1cc(C)cc(C(O)CCN)c1Br. The molecule has 0 aliphatic rings. The van der Waals surface area contributed by atoms with Crippen molar-refractivity contribution >= 4 is 15.9 Å². The highest BCUT2D eigenvalue weighted by Gasteiger charge is 2.14. The van der Waals surface area contributed by atoms with Gasteiger partial charge in [0.05, 0.1) is 17.7 Å². The van der Waals surface area contributed by atoms with Crippen LogP contribution >= 0.6 is 15.9 Å². The third kappa shape index (κ3) is 2.93. The summed E-state index contributed by atoms with van der Waals surface area (Å²) in [6.45, 7) is 2.43. The second kappa shape index (κ2) is 5.49. The Morgan fingerprint density at radius 2 is 2.20 bits per heavy atom. The van der Waals surface area contributed by atoms with Crippen LogP contribution in [0.4, 0.5) is 0 Å². The van der Waals surface area contributed by atoms with Crippen molar-refractivity contribution in [2.45, 2.75) is 19.4 Å². The summed E-state index contributed by atoms with van der Waals surface area (Å²) < 4.78 is 6.01. The average Bonchev–Trinajstić information content (AvgIpc) is 2.21. The van der Waals surface area contributed by atoms with Gasteiger partial charge in [-0.1, -0.05) is 6.07 Å². The first-order chi connectivity index (χ1) is 7.10. The number of ether oxygens (including phenoxy) is 1. The second-order valence-electron chi connectivity index (χ2n) is 3.46. The van der Waals surface area contributed by atoms with Gasteiger partial charge in [-0.25, -0.2) is 0 Å². The van der Waals surface area contributed by atoms with E-state index >= 15 is 0 Å². The number of aryl methyl sites for hydroxylation is 1. The molecule has 0 saturated heterocycles. The van der Waals surface area contributed by atoms with E-state index in [0.717, 1.165) is 21.3 Å². The number of methoxy groups -OCH3 is 1. The Balaban J connectivity index is 3.11. The van der Waals surface area contributed by atoms with Crippen LogP contribution in [-0.4, -0.2) is 18.8 Å². The van der Waals surface area contributed by atoms with Gasteiger partial charge in [0.25, 0.3) is 0 Å². The molecule has 1 aromatic rings. The van der Waals surface area contributed by atoms with Crippen LogP contribution in [0.5, 0.6) is 5.75 Å². The molecule has 4 heteroatoms. The number of aliphatic hydroxyl groups excluding tert-OH is 1. The molecule has 0 aliphatic carbocycles. The van der Waals surface area contributed by atoms with E-state index < -0.39 is 6.10 Å². The smallest absolute Gasteiger partial charge is 0.133 e. The van der Waals surface area contributed by atoms with E-state index in [1.54, 1.807) is 7.11 Å². The molecule has 0 spiro atoms. The highest BCUT2D eigenvalue weighted by atomic mass is 79.9. The Bertz CT molecular complexity index is 342. The van der Waals surface area contributed by atoms with Gasteiger partial charge in [0.1, 0.15) is 5.75 Å². The topological polar surface area (TPSA) is 55.5 Å². The Morgan fingerprint density at radius 3 is 2.73 bits per heavy atom. The molecule has 3 nitrogen and oxygen atoms in total. The molecule has 15 heavy (non-hydrogen) atoms. The lowest BCUT2D eigenvalue weighted by Gasteiger charge is -2.15. The van der Waals surface area contributed by atoms with E-state index in [1.807, 2.05) is 19.1 Å². The highest BCUT2D eigenvalue weighted by molar-refractivity contribution is 9.10. The van der Waals surface area contributed by atoms with Gasteiger partial charge < -0.3 is 15.6 Å². The molecule has 0 aliphatic heterocycles. The van der Waals surface area contributed by atoms with Gasteiger partial charge in [-0.2, -0.15) is 0 Å². The van der Waals surface area contributed by atoms with Crippen molar-refractivity contribution in [1.82, 2.24) is 0 Å². The van der Waals surface area contributed by atoms with Crippen LogP contribution < -0.4 is 10.5 Å². The lowest BCUT2D eigenvalue weighted by Crippen LogP contribution is -2.08. The van der Waals surface area contributed by atoms with Gasteiger partial charge in [-0.15, -0.1) is 0 Å². The molecule has 1 aromatic carbocycles. The van der Waals surface area contributed by atoms with E-state index in [1.165, 1.54) is 0 Å². The molecule has 84 valence electrons. The summed E-state index contributed by atoms with van der Waals surface area (Å²) >= 11 is 3.42. The maximum Gasteiger partial charge on any atom is 0.133 e. The van der Waals surface area contributed by atoms with Crippen molar-refractivity contribution in [2.75, 3.05) is 13.7 Å². The highest BCUT2D eigenvalue weighted by Crippen LogP contribution is 2.34. The third-order valence-corrected chi connectivity index (χ3v) is 3.08. The Labute approximate surface area is 98.4 Å². The van der Waals surface area contributed by atoms with Crippen LogP contribution in [0.2, 0.25) is 0 Å². The number of hydrogen-bond acceptors (Lipinski definition) is 3. The molecule has 3 N–H and O–H groups in total. The van der Waals surface area contributed by atoms with Crippen LogP contribution in [-0.2, 0) is 0 Å². The molecule has 0 saturated carbocycles. The largest absolute Gasteiger partial charge is 0.496 e. The number of nitrogens with two attached hydrogens (primary N) is 1.